The summed E-state index contributed by atoms with van der Waals surface area (Å²) in [5.74, 6) is 0.197. The lowest BCUT2D eigenvalue weighted by Crippen LogP contribution is -2.41. The molecule has 0 rings (SSSR count). The van der Waals surface area contributed by atoms with Crippen LogP contribution in [0.2, 0.25) is 0 Å². The normalized spacial score (nSPS) is 12.5. The minimum atomic E-state index is -0.893. The molecule has 17 heavy (non-hydrogen) atoms. The molecule has 1 unspecified atom stereocenters. The van der Waals surface area contributed by atoms with Gasteiger partial charge in [-0.2, -0.15) is 0 Å². The van der Waals surface area contributed by atoms with E-state index in [-0.39, 0.29) is 24.3 Å². The first-order chi connectivity index (χ1) is 7.97. The van der Waals surface area contributed by atoms with Crippen molar-refractivity contribution in [2.75, 3.05) is 25.2 Å². The van der Waals surface area contributed by atoms with Gasteiger partial charge in [0.15, 0.2) is 0 Å². The Morgan fingerprint density at radius 2 is 2.06 bits per heavy atom. The predicted molar refractivity (Wildman–Crippen MR) is 68.2 cm³/mol. The van der Waals surface area contributed by atoms with E-state index in [2.05, 4.69) is 5.32 Å². The van der Waals surface area contributed by atoms with Crippen LogP contribution in [0.4, 0.5) is 0 Å². The van der Waals surface area contributed by atoms with Gasteiger partial charge in [-0.15, -0.1) is 11.8 Å². The largest absolute Gasteiger partial charge is 0.481 e. The molecule has 0 radical (unpaired) electrons. The molecule has 0 aliphatic heterocycles. The van der Waals surface area contributed by atoms with Gasteiger partial charge in [0.25, 0.3) is 0 Å². The number of methoxy groups -OCH3 is 1. The molecule has 0 saturated carbocycles. The maximum atomic E-state index is 11.5. The summed E-state index contributed by atoms with van der Waals surface area (Å²) < 4.78 is 4.87. The van der Waals surface area contributed by atoms with E-state index in [1.807, 2.05) is 13.8 Å². The SMILES string of the molecule is COCCSCC(=O)NC(CC(=O)O)C(C)C. The molecule has 100 valence electrons. The van der Waals surface area contributed by atoms with E-state index in [1.54, 1.807) is 7.11 Å². The number of carboxylic acid groups (broad SMARTS) is 1. The highest BCUT2D eigenvalue weighted by molar-refractivity contribution is 7.99. The lowest BCUT2D eigenvalue weighted by molar-refractivity contribution is -0.138. The zero-order valence-electron chi connectivity index (χ0n) is 10.6. The molecular weight excluding hydrogens is 242 g/mol. The number of carbonyl (C=O) groups excluding carboxylic acids is 1. The fraction of sp³-hybridized carbons (Fsp3) is 0.818. The van der Waals surface area contributed by atoms with E-state index in [0.29, 0.717) is 12.4 Å². The van der Waals surface area contributed by atoms with Crippen LogP contribution >= 0.6 is 11.8 Å². The van der Waals surface area contributed by atoms with Gasteiger partial charge >= 0.3 is 5.97 Å². The minimum absolute atomic E-state index is 0.0356. The van der Waals surface area contributed by atoms with E-state index in [0.717, 1.165) is 5.75 Å². The summed E-state index contributed by atoms with van der Waals surface area (Å²) in [6.45, 7) is 4.40. The first-order valence-electron chi connectivity index (χ1n) is 5.55. The van der Waals surface area contributed by atoms with Crippen LogP contribution < -0.4 is 5.32 Å². The third kappa shape index (κ3) is 9.00. The van der Waals surface area contributed by atoms with Crippen LogP contribution in [0.5, 0.6) is 0 Å². The number of nitrogens with one attached hydrogen (secondary N) is 1. The van der Waals surface area contributed by atoms with Gasteiger partial charge in [-0.25, -0.2) is 0 Å². The van der Waals surface area contributed by atoms with Crippen molar-refractivity contribution in [3.63, 3.8) is 0 Å². The van der Waals surface area contributed by atoms with Crippen LogP contribution in [0.1, 0.15) is 20.3 Å². The first-order valence-corrected chi connectivity index (χ1v) is 6.70. The molecule has 0 heterocycles. The maximum absolute atomic E-state index is 11.5. The quantitative estimate of drug-likeness (QED) is 0.607. The Kier molecular flexibility index (Phi) is 8.89. The summed E-state index contributed by atoms with van der Waals surface area (Å²) in [7, 11) is 1.61. The predicted octanol–water partition coefficient (Wildman–Crippen LogP) is 0.981. The number of thioether (sulfide) groups is 1. The van der Waals surface area contributed by atoms with Crippen molar-refractivity contribution in [1.82, 2.24) is 5.32 Å². The number of rotatable bonds is 9. The molecule has 0 aliphatic carbocycles. The fourth-order valence-corrected chi connectivity index (χ4v) is 1.89. The van der Waals surface area contributed by atoms with E-state index in [9.17, 15) is 9.59 Å². The van der Waals surface area contributed by atoms with Gasteiger partial charge < -0.3 is 15.2 Å². The van der Waals surface area contributed by atoms with Crippen molar-refractivity contribution in [3.8, 4) is 0 Å². The number of hydrogen-bond acceptors (Lipinski definition) is 4. The van der Waals surface area contributed by atoms with Crippen molar-refractivity contribution in [3.05, 3.63) is 0 Å². The number of aliphatic carboxylic acids is 1. The van der Waals surface area contributed by atoms with Crippen molar-refractivity contribution in [1.29, 1.82) is 0 Å². The van der Waals surface area contributed by atoms with E-state index in [4.69, 9.17) is 9.84 Å². The van der Waals surface area contributed by atoms with Crippen molar-refractivity contribution in [2.45, 2.75) is 26.3 Å². The summed E-state index contributed by atoms with van der Waals surface area (Å²) in [6.07, 6.45) is -0.0356. The standard InChI is InChI=1S/C11H21NO4S/c1-8(2)9(6-11(14)15)12-10(13)7-17-5-4-16-3/h8-9H,4-7H2,1-3H3,(H,12,13)(H,14,15). The molecule has 0 spiro atoms. The fourth-order valence-electron chi connectivity index (χ4n) is 1.20. The lowest BCUT2D eigenvalue weighted by atomic mass is 10.0. The van der Waals surface area contributed by atoms with Crippen LogP contribution in [0, 0.1) is 5.92 Å². The summed E-state index contributed by atoms with van der Waals surface area (Å²) >= 11 is 1.47. The van der Waals surface area contributed by atoms with Gasteiger partial charge in [-0.1, -0.05) is 13.8 Å². The average molecular weight is 263 g/mol. The molecule has 0 fully saturated rings. The van der Waals surface area contributed by atoms with Crippen molar-refractivity contribution >= 4 is 23.6 Å². The molecule has 0 aromatic carbocycles. The molecule has 2 N–H and O–H groups in total. The summed E-state index contributed by atoms with van der Waals surface area (Å²) in [4.78, 5) is 22.2. The van der Waals surface area contributed by atoms with Crippen LogP contribution in [-0.4, -0.2) is 48.2 Å². The van der Waals surface area contributed by atoms with Gasteiger partial charge in [0, 0.05) is 18.9 Å². The van der Waals surface area contributed by atoms with E-state index < -0.39 is 5.97 Å². The number of carbonyl (C=O) groups is 2. The van der Waals surface area contributed by atoms with E-state index >= 15 is 0 Å². The number of hydrogen-bond donors (Lipinski definition) is 2. The second kappa shape index (κ2) is 9.30. The first kappa shape index (κ1) is 16.2. The molecule has 0 bridgehead atoms. The lowest BCUT2D eigenvalue weighted by Gasteiger charge is -2.20. The average Bonchev–Trinajstić information content (AvgIpc) is 2.22. The Bertz CT molecular complexity index is 246. The van der Waals surface area contributed by atoms with Crippen molar-refractivity contribution in [2.24, 2.45) is 5.92 Å². The van der Waals surface area contributed by atoms with Crippen LogP contribution in [0.3, 0.4) is 0 Å². The molecule has 0 saturated heterocycles. The molecule has 1 atom stereocenters. The topological polar surface area (TPSA) is 75.6 Å². The van der Waals surface area contributed by atoms with Crippen molar-refractivity contribution < 1.29 is 19.4 Å². The summed E-state index contributed by atoms with van der Waals surface area (Å²) in [5.41, 5.74) is 0. The molecule has 0 aromatic rings. The smallest absolute Gasteiger partial charge is 0.305 e. The second-order valence-electron chi connectivity index (χ2n) is 4.06. The summed E-state index contributed by atoms with van der Waals surface area (Å²) in [5, 5.41) is 11.5. The molecule has 0 aromatic heterocycles. The zero-order chi connectivity index (χ0) is 13.3. The van der Waals surface area contributed by atoms with Crippen LogP contribution in [0.25, 0.3) is 0 Å². The Hall–Kier alpha value is -0.750. The van der Waals surface area contributed by atoms with E-state index in [1.165, 1.54) is 11.8 Å². The minimum Gasteiger partial charge on any atom is -0.481 e. The number of ether oxygens (including phenoxy) is 1. The highest BCUT2D eigenvalue weighted by Crippen LogP contribution is 2.07. The summed E-state index contributed by atoms with van der Waals surface area (Å²) in [6, 6.07) is -0.303. The number of carboxylic acids is 1. The van der Waals surface area contributed by atoms with Gasteiger partial charge in [0.1, 0.15) is 0 Å². The molecule has 0 aliphatic rings. The zero-order valence-corrected chi connectivity index (χ0v) is 11.4. The monoisotopic (exact) mass is 263 g/mol. The molecular formula is C11H21NO4S. The van der Waals surface area contributed by atoms with Gasteiger partial charge in [-0.3, -0.25) is 9.59 Å². The highest BCUT2D eigenvalue weighted by Gasteiger charge is 2.18. The second-order valence-corrected chi connectivity index (χ2v) is 5.17. The van der Waals surface area contributed by atoms with Gasteiger partial charge in [-0.05, 0) is 5.92 Å². The third-order valence-corrected chi connectivity index (χ3v) is 3.13. The van der Waals surface area contributed by atoms with Crippen LogP contribution in [-0.2, 0) is 14.3 Å². The number of amides is 1. The third-order valence-electron chi connectivity index (χ3n) is 2.21. The Labute approximate surface area is 106 Å². The molecule has 6 heteroatoms. The molecule has 1 amide bonds. The van der Waals surface area contributed by atoms with Crippen LogP contribution in [0.15, 0.2) is 0 Å². The Balaban J connectivity index is 3.91. The van der Waals surface area contributed by atoms with Gasteiger partial charge in [0.2, 0.25) is 5.91 Å². The highest BCUT2D eigenvalue weighted by atomic mass is 32.2. The molecule has 5 nitrogen and oxygen atoms in total. The Morgan fingerprint density at radius 1 is 1.41 bits per heavy atom. The maximum Gasteiger partial charge on any atom is 0.305 e. The van der Waals surface area contributed by atoms with Gasteiger partial charge in [0.05, 0.1) is 18.8 Å². The Morgan fingerprint density at radius 3 is 2.53 bits per heavy atom.